The summed E-state index contributed by atoms with van der Waals surface area (Å²) in [6.45, 7) is 11.5. The lowest BCUT2D eigenvalue weighted by Gasteiger charge is -2.17. The molecule has 0 amide bonds. The molecule has 0 heterocycles. The van der Waals surface area contributed by atoms with Crippen LogP contribution in [0.15, 0.2) is 36.4 Å². The van der Waals surface area contributed by atoms with Gasteiger partial charge in [-0.15, -0.1) is 0 Å². The lowest BCUT2D eigenvalue weighted by molar-refractivity contribution is 0.567. The van der Waals surface area contributed by atoms with Gasteiger partial charge in [0.2, 0.25) is 0 Å². The zero-order valence-corrected chi connectivity index (χ0v) is 20.4. The number of hydrogen-bond donors (Lipinski definition) is 0. The Bertz CT molecular complexity index is 691. The van der Waals surface area contributed by atoms with Crippen LogP contribution in [0.3, 0.4) is 0 Å². The quantitative estimate of drug-likeness (QED) is 0.295. The molecule has 0 bridgehead atoms. The Balaban J connectivity index is 2.09. The summed E-state index contributed by atoms with van der Waals surface area (Å²) in [6.07, 6.45) is 15.8. The molecule has 0 aliphatic rings. The Hall–Kier alpha value is -1.56. The van der Waals surface area contributed by atoms with E-state index < -0.39 is 0 Å². The zero-order valence-electron chi connectivity index (χ0n) is 20.4. The first-order chi connectivity index (χ1) is 14.6. The Morgan fingerprint density at radius 1 is 0.533 bits per heavy atom. The van der Waals surface area contributed by atoms with Crippen LogP contribution in [0.25, 0.3) is 0 Å². The second kappa shape index (κ2) is 13.7. The molecular formula is C30H45. The molecule has 0 saturated heterocycles. The van der Waals surface area contributed by atoms with Crippen LogP contribution in [0.4, 0.5) is 0 Å². The molecule has 0 aliphatic carbocycles. The summed E-state index contributed by atoms with van der Waals surface area (Å²) >= 11 is 0. The van der Waals surface area contributed by atoms with E-state index in [0.29, 0.717) is 5.92 Å². The number of rotatable bonds is 14. The molecule has 0 N–H and O–H groups in total. The maximum absolute atomic E-state index is 2.59. The normalized spacial score (nSPS) is 12.3. The van der Waals surface area contributed by atoms with Crippen molar-refractivity contribution >= 4 is 0 Å². The van der Waals surface area contributed by atoms with Gasteiger partial charge in [0, 0.05) is 0 Å². The lowest BCUT2D eigenvalue weighted by atomic mass is 9.88. The van der Waals surface area contributed by atoms with Crippen LogP contribution >= 0.6 is 0 Å². The van der Waals surface area contributed by atoms with E-state index in [1.165, 1.54) is 92.0 Å². The van der Waals surface area contributed by atoms with Gasteiger partial charge in [0.1, 0.15) is 0 Å². The van der Waals surface area contributed by atoms with E-state index in [4.69, 9.17) is 0 Å². The number of hydrogen-bond acceptors (Lipinski definition) is 0. The Labute approximate surface area is 187 Å². The molecule has 0 spiro atoms. The van der Waals surface area contributed by atoms with Crippen molar-refractivity contribution in [2.45, 2.75) is 105 Å². The minimum Gasteiger partial charge on any atom is -0.0651 e. The van der Waals surface area contributed by atoms with Gasteiger partial charge in [0.25, 0.3) is 0 Å². The topological polar surface area (TPSA) is 0 Å². The molecule has 1 radical (unpaired) electrons. The van der Waals surface area contributed by atoms with E-state index in [1.54, 1.807) is 5.56 Å². The van der Waals surface area contributed by atoms with Crippen LogP contribution in [-0.4, -0.2) is 0 Å². The van der Waals surface area contributed by atoms with Crippen molar-refractivity contribution in [3.63, 3.8) is 0 Å². The van der Waals surface area contributed by atoms with E-state index in [-0.39, 0.29) is 0 Å². The molecule has 2 aromatic carbocycles. The molecule has 2 aromatic rings. The highest BCUT2D eigenvalue weighted by molar-refractivity contribution is 5.33. The van der Waals surface area contributed by atoms with Crippen molar-refractivity contribution in [2.24, 2.45) is 5.92 Å². The third-order valence-electron chi connectivity index (χ3n) is 6.09. The van der Waals surface area contributed by atoms with E-state index >= 15 is 0 Å². The largest absolute Gasteiger partial charge is 0.0651 e. The maximum atomic E-state index is 2.59. The highest BCUT2D eigenvalue weighted by atomic mass is 14.2. The molecule has 0 nitrogen and oxygen atoms in total. The first kappa shape index (κ1) is 24.7. The first-order valence-corrected chi connectivity index (χ1v) is 12.7. The second-order valence-electron chi connectivity index (χ2n) is 9.13. The summed E-state index contributed by atoms with van der Waals surface area (Å²) in [4.78, 5) is 0. The van der Waals surface area contributed by atoms with E-state index in [1.807, 2.05) is 0 Å². The summed E-state index contributed by atoms with van der Waals surface area (Å²) < 4.78 is 0. The van der Waals surface area contributed by atoms with Crippen LogP contribution in [0, 0.1) is 12.3 Å². The van der Waals surface area contributed by atoms with Gasteiger partial charge in [-0.3, -0.25) is 0 Å². The van der Waals surface area contributed by atoms with Gasteiger partial charge in [-0.25, -0.2) is 0 Å². The lowest BCUT2D eigenvalue weighted by Crippen LogP contribution is -2.08. The molecule has 1 unspecified atom stereocenters. The average molecular weight is 406 g/mol. The monoisotopic (exact) mass is 405 g/mol. The van der Waals surface area contributed by atoms with E-state index in [9.17, 15) is 0 Å². The van der Waals surface area contributed by atoms with Crippen LogP contribution in [0.1, 0.15) is 100 Å². The van der Waals surface area contributed by atoms with Crippen molar-refractivity contribution in [1.82, 2.24) is 0 Å². The molecular weight excluding hydrogens is 360 g/mol. The Kier molecular flexibility index (Phi) is 11.3. The molecule has 165 valence electrons. The fraction of sp³-hybridized carbons (Fsp3) is 0.567. The SMILES string of the molecule is CCCc1cc(C[CH]C(CC)Cc2cc(CCC)cc(CCC)c2)cc(CCC)c1. The van der Waals surface area contributed by atoms with Gasteiger partial charge in [0.05, 0.1) is 0 Å². The summed E-state index contributed by atoms with van der Waals surface area (Å²) in [5, 5.41) is 0. The van der Waals surface area contributed by atoms with E-state index in [2.05, 4.69) is 77.4 Å². The summed E-state index contributed by atoms with van der Waals surface area (Å²) in [7, 11) is 0. The molecule has 2 rings (SSSR count). The minimum atomic E-state index is 0.654. The third-order valence-corrected chi connectivity index (χ3v) is 6.09. The Morgan fingerprint density at radius 3 is 1.27 bits per heavy atom. The summed E-state index contributed by atoms with van der Waals surface area (Å²) in [5.74, 6) is 0.654. The van der Waals surface area contributed by atoms with Gasteiger partial charge in [-0.05, 0) is 84.2 Å². The van der Waals surface area contributed by atoms with Gasteiger partial charge < -0.3 is 0 Å². The van der Waals surface area contributed by atoms with Crippen LogP contribution in [-0.2, 0) is 38.5 Å². The molecule has 0 saturated carbocycles. The predicted octanol–water partition coefficient (Wildman–Crippen LogP) is 8.51. The molecule has 1 atom stereocenters. The van der Waals surface area contributed by atoms with Gasteiger partial charge in [0.15, 0.2) is 0 Å². The van der Waals surface area contributed by atoms with Gasteiger partial charge >= 0.3 is 0 Å². The smallest absolute Gasteiger partial charge is 0.0245 e. The van der Waals surface area contributed by atoms with Crippen molar-refractivity contribution in [3.8, 4) is 0 Å². The van der Waals surface area contributed by atoms with Crippen LogP contribution < -0.4 is 0 Å². The van der Waals surface area contributed by atoms with Gasteiger partial charge in [-0.1, -0.05) is 103 Å². The zero-order chi connectivity index (χ0) is 21.8. The van der Waals surface area contributed by atoms with Crippen LogP contribution in [0.2, 0.25) is 0 Å². The third kappa shape index (κ3) is 8.29. The number of aryl methyl sites for hydroxylation is 4. The highest BCUT2D eigenvalue weighted by Crippen LogP contribution is 2.23. The van der Waals surface area contributed by atoms with Gasteiger partial charge in [-0.2, -0.15) is 0 Å². The summed E-state index contributed by atoms with van der Waals surface area (Å²) in [6, 6.07) is 14.7. The fourth-order valence-electron chi connectivity index (χ4n) is 4.65. The molecule has 0 aliphatic heterocycles. The predicted molar refractivity (Wildman–Crippen MR) is 134 cm³/mol. The standard InChI is InChI=1S/C30H45/c1-6-11-25-18-26(12-7-2)21-29(20-25)16-15-24(10-5)17-30-22-27(13-8-3)19-28(23-30)14-9-4/h15,18-24H,6-14,16-17H2,1-5H3. The van der Waals surface area contributed by atoms with Crippen molar-refractivity contribution in [2.75, 3.05) is 0 Å². The minimum absolute atomic E-state index is 0.654. The maximum Gasteiger partial charge on any atom is -0.0245 e. The molecule has 0 aromatic heterocycles. The molecule has 0 heteroatoms. The van der Waals surface area contributed by atoms with E-state index in [0.717, 1.165) is 6.42 Å². The Morgan fingerprint density at radius 2 is 0.900 bits per heavy atom. The average Bonchev–Trinajstić information content (AvgIpc) is 2.72. The first-order valence-electron chi connectivity index (χ1n) is 12.7. The van der Waals surface area contributed by atoms with Crippen molar-refractivity contribution in [1.29, 1.82) is 0 Å². The molecule has 30 heavy (non-hydrogen) atoms. The highest BCUT2D eigenvalue weighted by Gasteiger charge is 2.11. The second-order valence-corrected chi connectivity index (χ2v) is 9.13. The van der Waals surface area contributed by atoms with Crippen molar-refractivity contribution in [3.05, 3.63) is 76.2 Å². The van der Waals surface area contributed by atoms with Crippen LogP contribution in [0.5, 0.6) is 0 Å². The fourth-order valence-corrected chi connectivity index (χ4v) is 4.65. The number of benzene rings is 2. The summed E-state index contributed by atoms with van der Waals surface area (Å²) in [5.41, 5.74) is 9.16. The van der Waals surface area contributed by atoms with Crippen molar-refractivity contribution < 1.29 is 0 Å². The molecule has 0 fully saturated rings.